The number of hydrogen-bond acceptors (Lipinski definition) is 5. The summed E-state index contributed by atoms with van der Waals surface area (Å²) < 4.78 is 6.11. The summed E-state index contributed by atoms with van der Waals surface area (Å²) >= 11 is 6.26. The topological polar surface area (TPSA) is 76.1 Å². The molecule has 1 amide bonds. The standard InChI is InChI=1S/C25H21ClN4O2/c1-3-12-28-25(31)17-5-4-6-19(14-17)32-23-10-8-18(26)15-22(23)30-21-11-13-27-24-20(21)9-7-16(2)29-24/h3-11,13-15H,1,12H2,2H3,(H,28,31)(H,27,29,30). The predicted molar refractivity (Wildman–Crippen MR) is 128 cm³/mol. The molecule has 0 aliphatic heterocycles. The first-order valence-electron chi connectivity index (χ1n) is 9.99. The van der Waals surface area contributed by atoms with Crippen LogP contribution < -0.4 is 15.4 Å². The second kappa shape index (κ2) is 9.49. The molecule has 2 N–H and O–H groups in total. The summed E-state index contributed by atoms with van der Waals surface area (Å²) in [7, 11) is 0. The summed E-state index contributed by atoms with van der Waals surface area (Å²) in [5.74, 6) is 0.887. The minimum Gasteiger partial charge on any atom is -0.455 e. The van der Waals surface area contributed by atoms with Gasteiger partial charge in [-0.1, -0.05) is 23.7 Å². The average molecular weight is 445 g/mol. The molecule has 4 rings (SSSR count). The number of rotatable bonds is 7. The van der Waals surface area contributed by atoms with Crippen LogP contribution in [0.2, 0.25) is 5.02 Å². The number of ether oxygens (including phenoxy) is 1. The van der Waals surface area contributed by atoms with E-state index < -0.39 is 0 Å². The van der Waals surface area contributed by atoms with E-state index in [4.69, 9.17) is 16.3 Å². The second-order valence-electron chi connectivity index (χ2n) is 7.08. The van der Waals surface area contributed by atoms with Gasteiger partial charge in [-0.2, -0.15) is 0 Å². The molecule has 0 unspecified atom stereocenters. The summed E-state index contributed by atoms with van der Waals surface area (Å²) in [6.07, 6.45) is 3.33. The first kappa shape index (κ1) is 21.3. The third kappa shape index (κ3) is 4.87. The number of carbonyl (C=O) groups is 1. The lowest BCUT2D eigenvalue weighted by atomic mass is 10.2. The minimum atomic E-state index is -0.198. The van der Waals surface area contributed by atoms with Gasteiger partial charge in [0.2, 0.25) is 0 Å². The van der Waals surface area contributed by atoms with Crippen molar-refractivity contribution in [2.24, 2.45) is 0 Å². The maximum absolute atomic E-state index is 12.3. The Kier molecular flexibility index (Phi) is 6.33. The fourth-order valence-electron chi connectivity index (χ4n) is 3.16. The first-order chi connectivity index (χ1) is 15.5. The number of halogens is 1. The molecule has 0 saturated heterocycles. The number of nitrogens with one attached hydrogen (secondary N) is 2. The molecule has 32 heavy (non-hydrogen) atoms. The van der Waals surface area contributed by atoms with E-state index in [9.17, 15) is 4.79 Å². The van der Waals surface area contributed by atoms with Crippen molar-refractivity contribution in [3.05, 3.63) is 95.8 Å². The molecule has 0 fully saturated rings. The molecule has 0 bridgehead atoms. The minimum absolute atomic E-state index is 0.198. The van der Waals surface area contributed by atoms with Gasteiger partial charge in [-0.3, -0.25) is 4.79 Å². The number of pyridine rings is 2. The van der Waals surface area contributed by atoms with Crippen LogP contribution in [0.5, 0.6) is 11.5 Å². The molecule has 0 atom stereocenters. The third-order valence-electron chi connectivity index (χ3n) is 4.68. The highest BCUT2D eigenvalue weighted by Crippen LogP contribution is 2.35. The van der Waals surface area contributed by atoms with E-state index in [2.05, 4.69) is 27.2 Å². The van der Waals surface area contributed by atoms with Crippen LogP contribution in [0.15, 0.2) is 79.5 Å². The number of hydrogen-bond donors (Lipinski definition) is 2. The number of fused-ring (bicyclic) bond motifs is 1. The van der Waals surface area contributed by atoms with E-state index in [-0.39, 0.29) is 5.91 Å². The van der Waals surface area contributed by atoms with Gasteiger partial charge >= 0.3 is 0 Å². The van der Waals surface area contributed by atoms with Gasteiger partial charge in [0.15, 0.2) is 11.4 Å². The van der Waals surface area contributed by atoms with Crippen molar-refractivity contribution in [1.82, 2.24) is 15.3 Å². The van der Waals surface area contributed by atoms with Crippen LogP contribution in [0.25, 0.3) is 11.0 Å². The fourth-order valence-corrected chi connectivity index (χ4v) is 3.33. The summed E-state index contributed by atoms with van der Waals surface area (Å²) in [6.45, 7) is 5.93. The van der Waals surface area contributed by atoms with Crippen molar-refractivity contribution < 1.29 is 9.53 Å². The fraction of sp³-hybridized carbons (Fsp3) is 0.0800. The van der Waals surface area contributed by atoms with Crippen LogP contribution in [0, 0.1) is 6.92 Å². The van der Waals surface area contributed by atoms with E-state index in [1.165, 1.54) is 0 Å². The Morgan fingerprint density at radius 3 is 2.84 bits per heavy atom. The van der Waals surface area contributed by atoms with E-state index in [0.717, 1.165) is 16.8 Å². The van der Waals surface area contributed by atoms with Crippen LogP contribution in [0.1, 0.15) is 16.1 Å². The van der Waals surface area contributed by atoms with Gasteiger partial charge in [-0.05, 0) is 61.5 Å². The monoisotopic (exact) mass is 444 g/mol. The summed E-state index contributed by atoms with van der Waals surface area (Å²) in [6, 6.07) is 18.1. The number of carbonyl (C=O) groups excluding carboxylic acids is 1. The van der Waals surface area contributed by atoms with Crippen molar-refractivity contribution in [1.29, 1.82) is 0 Å². The van der Waals surface area contributed by atoms with Crippen molar-refractivity contribution in [3.8, 4) is 11.5 Å². The van der Waals surface area contributed by atoms with Crippen molar-refractivity contribution >= 4 is 39.9 Å². The third-order valence-corrected chi connectivity index (χ3v) is 4.92. The van der Waals surface area contributed by atoms with Crippen LogP contribution >= 0.6 is 11.6 Å². The average Bonchev–Trinajstić information content (AvgIpc) is 2.79. The number of amides is 1. The molecular formula is C25H21ClN4O2. The Labute approximate surface area is 190 Å². The summed E-state index contributed by atoms with van der Waals surface area (Å²) in [4.78, 5) is 21.1. The molecule has 160 valence electrons. The van der Waals surface area contributed by atoms with E-state index in [0.29, 0.717) is 40.0 Å². The molecular weight excluding hydrogens is 424 g/mol. The molecule has 2 aromatic carbocycles. The quantitative estimate of drug-likeness (QED) is 0.340. The highest BCUT2D eigenvalue weighted by molar-refractivity contribution is 6.31. The Balaban J connectivity index is 1.64. The zero-order chi connectivity index (χ0) is 22.5. The van der Waals surface area contributed by atoms with Gasteiger partial charge in [-0.15, -0.1) is 6.58 Å². The van der Waals surface area contributed by atoms with Crippen molar-refractivity contribution in [2.45, 2.75) is 6.92 Å². The molecule has 7 heteroatoms. The van der Waals surface area contributed by atoms with Crippen LogP contribution in [0.4, 0.5) is 11.4 Å². The van der Waals surface area contributed by atoms with Gasteiger partial charge in [0.25, 0.3) is 5.91 Å². The zero-order valence-corrected chi connectivity index (χ0v) is 18.2. The van der Waals surface area contributed by atoms with E-state index in [1.807, 2.05) is 25.1 Å². The van der Waals surface area contributed by atoms with E-state index >= 15 is 0 Å². The van der Waals surface area contributed by atoms with Crippen molar-refractivity contribution in [2.75, 3.05) is 11.9 Å². The molecule has 6 nitrogen and oxygen atoms in total. The normalized spacial score (nSPS) is 10.6. The second-order valence-corrected chi connectivity index (χ2v) is 7.51. The number of nitrogens with zero attached hydrogens (tertiary/aromatic N) is 2. The lowest BCUT2D eigenvalue weighted by Crippen LogP contribution is -2.23. The zero-order valence-electron chi connectivity index (χ0n) is 17.4. The van der Waals surface area contributed by atoms with E-state index in [1.54, 1.807) is 54.7 Å². The predicted octanol–water partition coefficient (Wildman–Crippen LogP) is 6.04. The number of aryl methyl sites for hydroxylation is 1. The maximum atomic E-state index is 12.3. The highest BCUT2D eigenvalue weighted by atomic mass is 35.5. The van der Waals surface area contributed by atoms with Crippen LogP contribution in [-0.4, -0.2) is 22.4 Å². The lowest BCUT2D eigenvalue weighted by Gasteiger charge is -2.15. The molecule has 2 heterocycles. The molecule has 4 aromatic rings. The Bertz CT molecular complexity index is 1310. The smallest absolute Gasteiger partial charge is 0.251 e. The first-order valence-corrected chi connectivity index (χ1v) is 10.4. The van der Waals surface area contributed by atoms with Gasteiger partial charge < -0.3 is 15.4 Å². The highest BCUT2D eigenvalue weighted by Gasteiger charge is 2.11. The summed E-state index contributed by atoms with van der Waals surface area (Å²) in [5.41, 5.74) is 3.54. The molecule has 0 spiro atoms. The van der Waals surface area contributed by atoms with Gasteiger partial charge in [0.05, 0.1) is 11.4 Å². The molecule has 0 saturated carbocycles. The largest absolute Gasteiger partial charge is 0.455 e. The van der Waals surface area contributed by atoms with Crippen LogP contribution in [-0.2, 0) is 0 Å². The number of anilines is 2. The van der Waals surface area contributed by atoms with Gasteiger partial charge in [0.1, 0.15) is 5.75 Å². The Morgan fingerprint density at radius 1 is 1.12 bits per heavy atom. The molecule has 0 aliphatic rings. The number of aromatic nitrogens is 2. The Hall–Kier alpha value is -3.90. The van der Waals surface area contributed by atoms with Crippen molar-refractivity contribution in [3.63, 3.8) is 0 Å². The Morgan fingerprint density at radius 2 is 2.00 bits per heavy atom. The van der Waals surface area contributed by atoms with Crippen LogP contribution in [0.3, 0.4) is 0 Å². The summed E-state index contributed by atoms with van der Waals surface area (Å²) in [5, 5.41) is 7.58. The van der Waals surface area contributed by atoms with Gasteiger partial charge in [-0.25, -0.2) is 9.97 Å². The maximum Gasteiger partial charge on any atom is 0.251 e. The molecule has 0 aliphatic carbocycles. The SMILES string of the molecule is C=CCNC(=O)c1cccc(Oc2ccc(Cl)cc2Nc2ccnc3nc(C)ccc23)c1. The molecule has 2 aromatic heterocycles. The number of benzene rings is 2. The van der Waals surface area contributed by atoms with Gasteiger partial charge in [0, 0.05) is 34.4 Å². The lowest BCUT2D eigenvalue weighted by molar-refractivity contribution is 0.0957. The molecule has 0 radical (unpaired) electrons.